The van der Waals surface area contributed by atoms with Crippen LogP contribution in [0.3, 0.4) is 0 Å². The van der Waals surface area contributed by atoms with Gasteiger partial charge in [0.2, 0.25) is 21.8 Å². The average Bonchev–Trinajstić information content (AvgIpc) is 3.05. The van der Waals surface area contributed by atoms with Gasteiger partial charge in [0.05, 0.1) is 11.5 Å². The molecule has 0 N–H and O–H groups in total. The van der Waals surface area contributed by atoms with Crippen molar-refractivity contribution in [2.45, 2.75) is 31.8 Å². The Morgan fingerprint density at radius 2 is 2.09 bits per heavy atom. The Kier molecular flexibility index (Phi) is 4.06. The third kappa shape index (κ3) is 2.81. The second kappa shape index (κ2) is 5.73. The number of hydrogen-bond acceptors (Lipinski definition) is 7. The summed E-state index contributed by atoms with van der Waals surface area (Å²) in [5.41, 5.74) is 0. The monoisotopic (exact) mass is 343 g/mol. The molecule has 0 radical (unpaired) electrons. The topological polar surface area (TPSA) is 85.5 Å². The van der Waals surface area contributed by atoms with E-state index in [9.17, 15) is 8.42 Å². The Morgan fingerprint density at radius 3 is 2.68 bits per heavy atom. The standard InChI is InChI=1S/C13H17N3O4S2/c1-8-6-12(9(2)21-8)22(17,18)16-4-5-19-11(7-16)13-15-14-10(3)20-13/h6,11H,4-5,7H2,1-3H3/t11-/m0/s1. The Bertz CT molecular complexity index is 781. The first kappa shape index (κ1) is 15.6. The number of ether oxygens (including phenoxy) is 1. The van der Waals surface area contributed by atoms with Gasteiger partial charge in [-0.1, -0.05) is 0 Å². The molecule has 1 aliphatic heterocycles. The van der Waals surface area contributed by atoms with Gasteiger partial charge in [0.15, 0.2) is 0 Å². The fourth-order valence-electron chi connectivity index (χ4n) is 2.44. The highest BCUT2D eigenvalue weighted by molar-refractivity contribution is 7.89. The Hall–Kier alpha value is -1.29. The van der Waals surface area contributed by atoms with Crippen molar-refractivity contribution >= 4 is 21.4 Å². The highest BCUT2D eigenvalue weighted by atomic mass is 32.2. The Morgan fingerprint density at radius 1 is 1.32 bits per heavy atom. The fraction of sp³-hybridized carbons (Fsp3) is 0.538. The molecule has 2 aromatic heterocycles. The molecule has 0 aliphatic carbocycles. The van der Waals surface area contributed by atoms with Gasteiger partial charge in [0.25, 0.3) is 0 Å². The van der Waals surface area contributed by atoms with Crippen molar-refractivity contribution in [3.8, 4) is 0 Å². The molecule has 0 amide bonds. The minimum Gasteiger partial charge on any atom is -0.423 e. The van der Waals surface area contributed by atoms with Crippen LogP contribution in [0.1, 0.15) is 27.6 Å². The maximum Gasteiger partial charge on any atom is 0.246 e. The lowest BCUT2D eigenvalue weighted by Gasteiger charge is -2.30. The first-order valence-electron chi connectivity index (χ1n) is 6.86. The number of aryl methyl sites for hydroxylation is 3. The summed E-state index contributed by atoms with van der Waals surface area (Å²) in [4.78, 5) is 2.15. The molecule has 2 aromatic rings. The van der Waals surface area contributed by atoms with Gasteiger partial charge in [-0.15, -0.1) is 21.5 Å². The van der Waals surface area contributed by atoms with Crippen molar-refractivity contribution in [2.75, 3.05) is 19.7 Å². The van der Waals surface area contributed by atoms with Crippen LogP contribution in [0.25, 0.3) is 0 Å². The summed E-state index contributed by atoms with van der Waals surface area (Å²) >= 11 is 1.48. The van der Waals surface area contributed by atoms with Crippen LogP contribution >= 0.6 is 11.3 Å². The zero-order chi connectivity index (χ0) is 15.9. The fourth-order valence-corrected chi connectivity index (χ4v) is 5.39. The summed E-state index contributed by atoms with van der Waals surface area (Å²) in [7, 11) is -3.53. The van der Waals surface area contributed by atoms with Crippen LogP contribution in [0, 0.1) is 20.8 Å². The number of morpholine rings is 1. The van der Waals surface area contributed by atoms with Gasteiger partial charge in [-0.05, 0) is 19.9 Å². The second-order valence-electron chi connectivity index (χ2n) is 5.16. The molecule has 0 saturated carbocycles. The van der Waals surface area contributed by atoms with Crippen molar-refractivity contribution in [1.82, 2.24) is 14.5 Å². The van der Waals surface area contributed by atoms with E-state index in [0.717, 1.165) is 9.75 Å². The molecule has 0 bridgehead atoms. The number of aromatic nitrogens is 2. The highest BCUT2D eigenvalue weighted by Crippen LogP contribution is 2.30. The van der Waals surface area contributed by atoms with Crippen LogP contribution in [0.15, 0.2) is 15.4 Å². The summed E-state index contributed by atoms with van der Waals surface area (Å²) in [6.07, 6.45) is -0.523. The van der Waals surface area contributed by atoms with E-state index in [1.807, 2.05) is 13.8 Å². The van der Waals surface area contributed by atoms with E-state index < -0.39 is 16.1 Å². The van der Waals surface area contributed by atoms with E-state index >= 15 is 0 Å². The molecule has 0 unspecified atom stereocenters. The summed E-state index contributed by atoms with van der Waals surface area (Å²) in [6, 6.07) is 1.72. The molecule has 3 heterocycles. The Labute approximate surface area is 133 Å². The lowest BCUT2D eigenvalue weighted by molar-refractivity contribution is -0.0176. The number of nitrogens with zero attached hydrogens (tertiary/aromatic N) is 3. The zero-order valence-electron chi connectivity index (χ0n) is 12.6. The van der Waals surface area contributed by atoms with E-state index in [0.29, 0.717) is 29.8 Å². The molecule has 7 nitrogen and oxygen atoms in total. The minimum absolute atomic E-state index is 0.179. The molecule has 1 aliphatic rings. The zero-order valence-corrected chi connectivity index (χ0v) is 14.2. The average molecular weight is 343 g/mol. The number of sulfonamides is 1. The van der Waals surface area contributed by atoms with Gasteiger partial charge in [0, 0.05) is 29.8 Å². The summed E-state index contributed by atoms with van der Waals surface area (Å²) in [5, 5.41) is 7.68. The Balaban J connectivity index is 1.86. The van der Waals surface area contributed by atoms with E-state index in [2.05, 4.69) is 10.2 Å². The highest BCUT2D eigenvalue weighted by Gasteiger charge is 2.35. The molecule has 3 rings (SSSR count). The molecule has 0 spiro atoms. The lowest BCUT2D eigenvalue weighted by atomic mass is 10.3. The predicted molar refractivity (Wildman–Crippen MR) is 80.3 cm³/mol. The van der Waals surface area contributed by atoms with Gasteiger partial charge in [-0.2, -0.15) is 4.31 Å². The quantitative estimate of drug-likeness (QED) is 0.845. The van der Waals surface area contributed by atoms with Crippen molar-refractivity contribution < 1.29 is 17.6 Å². The summed E-state index contributed by atoms with van der Waals surface area (Å²) in [5.74, 6) is 0.749. The third-order valence-corrected chi connectivity index (χ3v) is 6.55. The van der Waals surface area contributed by atoms with E-state index in [-0.39, 0.29) is 6.54 Å². The summed E-state index contributed by atoms with van der Waals surface area (Å²) < 4.78 is 38.0. The van der Waals surface area contributed by atoms with E-state index in [1.54, 1.807) is 13.0 Å². The molecule has 1 saturated heterocycles. The second-order valence-corrected chi connectivity index (χ2v) is 8.53. The van der Waals surface area contributed by atoms with Gasteiger partial charge in [0.1, 0.15) is 6.10 Å². The number of hydrogen-bond donors (Lipinski definition) is 0. The smallest absolute Gasteiger partial charge is 0.246 e. The van der Waals surface area contributed by atoms with Gasteiger partial charge in [-0.3, -0.25) is 0 Å². The first-order valence-corrected chi connectivity index (χ1v) is 9.12. The van der Waals surface area contributed by atoms with E-state index in [4.69, 9.17) is 9.15 Å². The van der Waals surface area contributed by atoms with Crippen molar-refractivity contribution in [1.29, 1.82) is 0 Å². The van der Waals surface area contributed by atoms with Gasteiger partial charge < -0.3 is 9.15 Å². The van der Waals surface area contributed by atoms with Crippen LogP contribution in [0.5, 0.6) is 0 Å². The number of rotatable bonds is 3. The molecular formula is C13H17N3O4S2. The predicted octanol–water partition coefficient (Wildman–Crippen LogP) is 1.82. The van der Waals surface area contributed by atoms with E-state index in [1.165, 1.54) is 15.6 Å². The first-order chi connectivity index (χ1) is 10.4. The van der Waals surface area contributed by atoms with Crippen LogP contribution in [0.2, 0.25) is 0 Å². The molecule has 0 aromatic carbocycles. The SMILES string of the molecule is Cc1nnc([C@@H]2CN(S(=O)(=O)c3cc(C)sc3C)CCO2)o1. The largest absolute Gasteiger partial charge is 0.423 e. The van der Waals surface area contributed by atoms with Crippen molar-refractivity contribution in [3.63, 3.8) is 0 Å². The van der Waals surface area contributed by atoms with Crippen LogP contribution in [-0.4, -0.2) is 42.6 Å². The van der Waals surface area contributed by atoms with Crippen molar-refractivity contribution in [3.05, 3.63) is 27.6 Å². The van der Waals surface area contributed by atoms with Crippen LogP contribution in [0.4, 0.5) is 0 Å². The summed E-state index contributed by atoms with van der Waals surface area (Å²) in [6.45, 7) is 6.21. The van der Waals surface area contributed by atoms with Crippen molar-refractivity contribution in [2.24, 2.45) is 0 Å². The number of thiophene rings is 1. The minimum atomic E-state index is -3.53. The molecule has 1 atom stereocenters. The maximum absolute atomic E-state index is 12.8. The van der Waals surface area contributed by atoms with Crippen LogP contribution in [-0.2, 0) is 14.8 Å². The lowest BCUT2D eigenvalue weighted by Crippen LogP contribution is -2.42. The van der Waals surface area contributed by atoms with Crippen LogP contribution < -0.4 is 0 Å². The molecule has 1 fully saturated rings. The molecule has 9 heteroatoms. The molecular weight excluding hydrogens is 326 g/mol. The van der Waals surface area contributed by atoms with Gasteiger partial charge in [-0.25, -0.2) is 8.42 Å². The molecule has 22 heavy (non-hydrogen) atoms. The normalized spacial score (nSPS) is 20.4. The maximum atomic E-state index is 12.8. The molecule has 120 valence electrons. The van der Waals surface area contributed by atoms with Gasteiger partial charge >= 0.3 is 0 Å². The third-order valence-electron chi connectivity index (χ3n) is 3.46.